The second-order valence-corrected chi connectivity index (χ2v) is 4.46. The number of hydrogen-bond donors (Lipinski definition) is 1. The minimum absolute atomic E-state index is 0.843. The third kappa shape index (κ3) is 3.86. The zero-order valence-corrected chi connectivity index (χ0v) is 11.4. The highest BCUT2D eigenvalue weighted by molar-refractivity contribution is 5.54. The molecule has 0 saturated heterocycles. The van der Waals surface area contributed by atoms with Crippen LogP contribution >= 0.6 is 0 Å². The van der Waals surface area contributed by atoms with E-state index in [-0.39, 0.29) is 0 Å². The molecule has 1 rings (SSSR count). The van der Waals surface area contributed by atoms with Crippen LogP contribution in [0.3, 0.4) is 0 Å². The summed E-state index contributed by atoms with van der Waals surface area (Å²) in [6.45, 7) is 13.0. The molecule has 17 heavy (non-hydrogen) atoms. The highest BCUT2D eigenvalue weighted by Gasteiger charge is 2.10. The van der Waals surface area contributed by atoms with Gasteiger partial charge >= 0.3 is 0 Å². The first-order valence-electron chi connectivity index (χ1n) is 6.08. The van der Waals surface area contributed by atoms with Crippen molar-refractivity contribution >= 4 is 5.69 Å². The van der Waals surface area contributed by atoms with Gasteiger partial charge in [0, 0.05) is 42.8 Å². The Morgan fingerprint density at radius 1 is 1.53 bits per heavy atom. The van der Waals surface area contributed by atoms with Gasteiger partial charge in [0.25, 0.3) is 0 Å². The van der Waals surface area contributed by atoms with Crippen LogP contribution in [0.2, 0.25) is 0 Å². The van der Waals surface area contributed by atoms with E-state index < -0.39 is 0 Å². The van der Waals surface area contributed by atoms with Crippen molar-refractivity contribution in [1.82, 2.24) is 10.3 Å². The zero-order chi connectivity index (χ0) is 12.8. The standard InChI is InChI=1S/C14H23N3/c1-6-17(10-11(2)3)14-7-12(4)16-9-13(14)8-15-5/h7,9,15H,2,6,8,10H2,1,3-5H3. The summed E-state index contributed by atoms with van der Waals surface area (Å²) in [6, 6.07) is 2.15. The van der Waals surface area contributed by atoms with Crippen LogP contribution in [0.1, 0.15) is 25.1 Å². The number of nitrogens with one attached hydrogen (secondary N) is 1. The van der Waals surface area contributed by atoms with Crippen LogP contribution in [-0.2, 0) is 6.54 Å². The van der Waals surface area contributed by atoms with Crippen LogP contribution in [0.5, 0.6) is 0 Å². The maximum atomic E-state index is 4.37. The summed E-state index contributed by atoms with van der Waals surface area (Å²) in [7, 11) is 1.96. The first-order chi connectivity index (χ1) is 8.08. The van der Waals surface area contributed by atoms with Gasteiger partial charge in [0.2, 0.25) is 0 Å². The molecule has 0 atom stereocenters. The van der Waals surface area contributed by atoms with E-state index in [1.807, 2.05) is 20.2 Å². The third-order valence-corrected chi connectivity index (χ3v) is 2.65. The molecular formula is C14H23N3. The van der Waals surface area contributed by atoms with Crippen molar-refractivity contribution in [3.8, 4) is 0 Å². The second kappa shape index (κ2) is 6.40. The van der Waals surface area contributed by atoms with Gasteiger partial charge in [-0.3, -0.25) is 4.98 Å². The molecule has 0 radical (unpaired) electrons. The maximum absolute atomic E-state index is 4.37. The Kier molecular flexibility index (Phi) is 5.16. The van der Waals surface area contributed by atoms with Gasteiger partial charge in [-0.15, -0.1) is 0 Å². The van der Waals surface area contributed by atoms with Crippen LogP contribution in [0.25, 0.3) is 0 Å². The van der Waals surface area contributed by atoms with Crippen molar-refractivity contribution in [2.75, 3.05) is 25.0 Å². The van der Waals surface area contributed by atoms with Gasteiger partial charge in [-0.05, 0) is 33.9 Å². The minimum Gasteiger partial charge on any atom is -0.367 e. The highest BCUT2D eigenvalue weighted by Crippen LogP contribution is 2.21. The summed E-state index contributed by atoms with van der Waals surface area (Å²) < 4.78 is 0. The van der Waals surface area contributed by atoms with Gasteiger partial charge < -0.3 is 10.2 Å². The van der Waals surface area contributed by atoms with Crippen LogP contribution in [0.15, 0.2) is 24.4 Å². The lowest BCUT2D eigenvalue weighted by Crippen LogP contribution is -2.26. The van der Waals surface area contributed by atoms with Gasteiger partial charge in [-0.2, -0.15) is 0 Å². The van der Waals surface area contributed by atoms with Gasteiger partial charge in [-0.25, -0.2) is 0 Å². The lowest BCUT2D eigenvalue weighted by molar-refractivity contribution is 0.792. The number of aromatic nitrogens is 1. The molecule has 1 aromatic heterocycles. The van der Waals surface area contributed by atoms with E-state index in [1.165, 1.54) is 16.8 Å². The molecule has 1 N–H and O–H groups in total. The molecule has 1 aromatic rings. The van der Waals surface area contributed by atoms with Crippen molar-refractivity contribution in [3.63, 3.8) is 0 Å². The van der Waals surface area contributed by atoms with E-state index in [0.29, 0.717) is 0 Å². The topological polar surface area (TPSA) is 28.2 Å². The fraction of sp³-hybridized carbons (Fsp3) is 0.500. The van der Waals surface area contributed by atoms with E-state index in [4.69, 9.17) is 0 Å². The number of nitrogens with zero attached hydrogens (tertiary/aromatic N) is 2. The van der Waals surface area contributed by atoms with Crippen LogP contribution in [0, 0.1) is 6.92 Å². The van der Waals surface area contributed by atoms with Crippen molar-refractivity contribution in [2.45, 2.75) is 27.3 Å². The summed E-state index contributed by atoms with van der Waals surface area (Å²) in [5.41, 5.74) is 4.73. The fourth-order valence-corrected chi connectivity index (χ4v) is 1.89. The van der Waals surface area contributed by atoms with E-state index >= 15 is 0 Å². The first-order valence-corrected chi connectivity index (χ1v) is 6.08. The number of hydrogen-bond acceptors (Lipinski definition) is 3. The molecule has 3 nitrogen and oxygen atoms in total. The van der Waals surface area contributed by atoms with Crippen molar-refractivity contribution in [2.24, 2.45) is 0 Å². The van der Waals surface area contributed by atoms with Crippen LogP contribution < -0.4 is 10.2 Å². The van der Waals surface area contributed by atoms with Gasteiger partial charge in [0.1, 0.15) is 0 Å². The van der Waals surface area contributed by atoms with Crippen LogP contribution in [-0.4, -0.2) is 25.1 Å². The predicted octanol–water partition coefficient (Wildman–Crippen LogP) is 2.51. The average Bonchev–Trinajstić information content (AvgIpc) is 2.28. The molecular weight excluding hydrogens is 210 g/mol. The number of pyridine rings is 1. The summed E-state index contributed by atoms with van der Waals surface area (Å²) in [5, 5.41) is 3.19. The Balaban J connectivity index is 3.06. The molecule has 0 saturated carbocycles. The van der Waals surface area contributed by atoms with E-state index in [2.05, 4.69) is 41.7 Å². The monoisotopic (exact) mass is 233 g/mol. The average molecular weight is 233 g/mol. The number of aryl methyl sites for hydroxylation is 1. The number of anilines is 1. The Labute approximate surface area is 105 Å². The van der Waals surface area contributed by atoms with Gasteiger partial charge in [0.05, 0.1) is 0 Å². The van der Waals surface area contributed by atoms with Crippen LogP contribution in [0.4, 0.5) is 5.69 Å². The van der Waals surface area contributed by atoms with E-state index in [1.54, 1.807) is 0 Å². The summed E-state index contributed by atoms with van der Waals surface area (Å²) in [5.74, 6) is 0. The Hall–Kier alpha value is -1.35. The third-order valence-electron chi connectivity index (χ3n) is 2.65. The predicted molar refractivity (Wildman–Crippen MR) is 74.4 cm³/mol. The maximum Gasteiger partial charge on any atom is 0.0448 e. The SMILES string of the molecule is C=C(C)CN(CC)c1cc(C)ncc1CNC. The summed E-state index contributed by atoms with van der Waals surface area (Å²) in [4.78, 5) is 6.70. The summed E-state index contributed by atoms with van der Waals surface area (Å²) >= 11 is 0. The van der Waals surface area contributed by atoms with E-state index in [0.717, 1.165) is 25.3 Å². The Morgan fingerprint density at radius 2 is 2.24 bits per heavy atom. The first kappa shape index (κ1) is 13.7. The largest absolute Gasteiger partial charge is 0.367 e. The molecule has 0 amide bonds. The fourth-order valence-electron chi connectivity index (χ4n) is 1.89. The normalized spacial score (nSPS) is 10.4. The molecule has 94 valence electrons. The second-order valence-electron chi connectivity index (χ2n) is 4.46. The molecule has 0 unspecified atom stereocenters. The molecule has 3 heteroatoms. The summed E-state index contributed by atoms with van der Waals surface area (Å²) in [6.07, 6.45) is 1.96. The lowest BCUT2D eigenvalue weighted by atomic mass is 10.1. The molecule has 0 aliphatic carbocycles. The smallest absolute Gasteiger partial charge is 0.0448 e. The number of likely N-dealkylation sites (N-methyl/N-ethyl adjacent to an activating group) is 1. The molecule has 1 heterocycles. The Morgan fingerprint density at radius 3 is 2.76 bits per heavy atom. The number of rotatable bonds is 6. The molecule has 0 aliphatic heterocycles. The Bertz CT molecular complexity index is 385. The van der Waals surface area contributed by atoms with Gasteiger partial charge in [0.15, 0.2) is 0 Å². The van der Waals surface area contributed by atoms with Gasteiger partial charge in [-0.1, -0.05) is 12.2 Å². The highest BCUT2D eigenvalue weighted by atomic mass is 15.1. The minimum atomic E-state index is 0.843. The van der Waals surface area contributed by atoms with Crippen molar-refractivity contribution < 1.29 is 0 Å². The van der Waals surface area contributed by atoms with Crippen molar-refractivity contribution in [3.05, 3.63) is 35.7 Å². The molecule has 0 aromatic carbocycles. The molecule has 0 bridgehead atoms. The molecule has 0 aliphatic rings. The van der Waals surface area contributed by atoms with Crippen molar-refractivity contribution in [1.29, 1.82) is 0 Å². The molecule has 0 fully saturated rings. The molecule has 0 spiro atoms. The lowest BCUT2D eigenvalue weighted by Gasteiger charge is -2.26. The zero-order valence-electron chi connectivity index (χ0n) is 11.4. The van der Waals surface area contributed by atoms with E-state index in [9.17, 15) is 0 Å². The quantitative estimate of drug-likeness (QED) is 0.765.